The van der Waals surface area contributed by atoms with Gasteiger partial charge in [-0.25, -0.2) is 0 Å². The van der Waals surface area contributed by atoms with Crippen LogP contribution in [0.3, 0.4) is 0 Å². The van der Waals surface area contributed by atoms with Crippen LogP contribution in [0.15, 0.2) is 91.0 Å². The number of hydrogen-bond donors (Lipinski definition) is 0. The Bertz CT molecular complexity index is 1110. The van der Waals surface area contributed by atoms with Gasteiger partial charge in [-0.2, -0.15) is 0 Å². The molecule has 0 nitrogen and oxygen atoms in total. The average Bonchev–Trinajstić information content (AvgIpc) is 3.12. The molecule has 0 heteroatoms. The molecule has 0 atom stereocenters. The summed E-state index contributed by atoms with van der Waals surface area (Å²) in [4.78, 5) is 0. The minimum absolute atomic E-state index is 1.01. The maximum atomic E-state index is 2.44. The highest BCUT2D eigenvalue weighted by Gasteiger charge is 2.26. The summed E-state index contributed by atoms with van der Waals surface area (Å²) < 4.78 is 0. The Hall–Kier alpha value is -3.12. The first-order valence-corrected chi connectivity index (χ1v) is 9.74. The van der Waals surface area contributed by atoms with E-state index < -0.39 is 0 Å². The summed E-state index contributed by atoms with van der Waals surface area (Å²) >= 11 is 0. The maximum absolute atomic E-state index is 2.44. The van der Waals surface area contributed by atoms with E-state index in [4.69, 9.17) is 0 Å². The first kappa shape index (κ1) is 16.1. The maximum Gasteiger partial charge on any atom is -0.000706 e. The number of fused-ring (bicyclic) bond motifs is 3. The van der Waals surface area contributed by atoms with Crippen LogP contribution in [-0.4, -0.2) is 0 Å². The molecule has 27 heavy (non-hydrogen) atoms. The van der Waals surface area contributed by atoms with E-state index in [1.54, 1.807) is 0 Å². The van der Waals surface area contributed by atoms with Crippen molar-refractivity contribution in [1.82, 2.24) is 0 Å². The summed E-state index contributed by atoms with van der Waals surface area (Å²) in [6.45, 7) is 2.27. The monoisotopic (exact) mass is 346 g/mol. The van der Waals surface area contributed by atoms with Crippen molar-refractivity contribution in [2.75, 3.05) is 0 Å². The van der Waals surface area contributed by atoms with Crippen LogP contribution < -0.4 is 0 Å². The summed E-state index contributed by atoms with van der Waals surface area (Å²) in [5.41, 5.74) is 12.6. The van der Waals surface area contributed by atoms with Crippen molar-refractivity contribution >= 4 is 0 Å². The van der Waals surface area contributed by atoms with Crippen molar-refractivity contribution in [3.63, 3.8) is 0 Å². The lowest BCUT2D eigenvalue weighted by atomic mass is 9.84. The molecule has 4 aromatic rings. The predicted molar refractivity (Wildman–Crippen MR) is 115 cm³/mol. The minimum atomic E-state index is 1.01. The van der Waals surface area contributed by atoms with E-state index in [0.717, 1.165) is 12.8 Å². The molecule has 130 valence electrons. The predicted octanol–water partition coefficient (Wildman–Crippen LogP) is 7.15. The summed E-state index contributed by atoms with van der Waals surface area (Å²) in [6.07, 6.45) is 2.04. The van der Waals surface area contributed by atoms with Crippen molar-refractivity contribution in [3.05, 3.63) is 108 Å². The summed E-state index contributed by atoms with van der Waals surface area (Å²) in [7, 11) is 0. The zero-order valence-electron chi connectivity index (χ0n) is 15.6. The van der Waals surface area contributed by atoms with Crippen molar-refractivity contribution in [2.45, 2.75) is 19.8 Å². The third-order valence-corrected chi connectivity index (χ3v) is 5.70. The van der Waals surface area contributed by atoms with Crippen LogP contribution in [0, 0.1) is 0 Å². The van der Waals surface area contributed by atoms with E-state index in [2.05, 4.69) is 97.9 Å². The summed E-state index contributed by atoms with van der Waals surface area (Å²) in [5, 5.41) is 0. The molecule has 0 radical (unpaired) electrons. The number of benzene rings is 4. The second-order valence-corrected chi connectivity index (χ2v) is 7.23. The molecule has 0 unspecified atom stereocenters. The fraction of sp³-hybridized carbons (Fsp3) is 0.111. The van der Waals surface area contributed by atoms with Crippen LogP contribution in [0.2, 0.25) is 0 Å². The molecular formula is C27H22. The number of hydrogen-bond acceptors (Lipinski definition) is 0. The molecule has 5 rings (SSSR count). The van der Waals surface area contributed by atoms with Gasteiger partial charge in [-0.15, -0.1) is 0 Å². The van der Waals surface area contributed by atoms with E-state index in [1.807, 2.05) is 0 Å². The van der Waals surface area contributed by atoms with Crippen LogP contribution in [0.25, 0.3) is 33.4 Å². The Balaban J connectivity index is 1.89. The van der Waals surface area contributed by atoms with Gasteiger partial charge in [0.15, 0.2) is 0 Å². The molecule has 0 aliphatic heterocycles. The molecule has 1 aliphatic carbocycles. The van der Waals surface area contributed by atoms with Gasteiger partial charge >= 0.3 is 0 Å². The molecule has 0 saturated carbocycles. The van der Waals surface area contributed by atoms with Gasteiger partial charge in [-0.3, -0.25) is 0 Å². The fourth-order valence-corrected chi connectivity index (χ4v) is 4.47. The lowest BCUT2D eigenvalue weighted by Crippen LogP contribution is -1.98. The van der Waals surface area contributed by atoms with Gasteiger partial charge in [-0.05, 0) is 62.9 Å². The van der Waals surface area contributed by atoms with Crippen molar-refractivity contribution in [1.29, 1.82) is 0 Å². The van der Waals surface area contributed by atoms with Gasteiger partial charge in [0, 0.05) is 0 Å². The van der Waals surface area contributed by atoms with E-state index in [1.165, 1.54) is 50.1 Å². The number of aryl methyl sites for hydroxylation is 1. The van der Waals surface area contributed by atoms with E-state index >= 15 is 0 Å². The van der Waals surface area contributed by atoms with Crippen molar-refractivity contribution < 1.29 is 0 Å². The summed E-state index contributed by atoms with van der Waals surface area (Å²) in [6, 6.07) is 33.1. The Kier molecular flexibility index (Phi) is 3.90. The first-order valence-electron chi connectivity index (χ1n) is 9.74. The van der Waals surface area contributed by atoms with Gasteiger partial charge in [0.05, 0.1) is 0 Å². The lowest BCUT2D eigenvalue weighted by molar-refractivity contribution is 1.14. The minimum Gasteiger partial charge on any atom is -0.0622 e. The van der Waals surface area contributed by atoms with Crippen LogP contribution in [0.1, 0.15) is 23.6 Å². The van der Waals surface area contributed by atoms with E-state index in [-0.39, 0.29) is 0 Å². The van der Waals surface area contributed by atoms with Crippen LogP contribution in [-0.2, 0) is 12.8 Å². The smallest absolute Gasteiger partial charge is 0.000706 e. The second kappa shape index (κ2) is 6.55. The Labute approximate surface area is 161 Å². The molecule has 1 aliphatic rings. The molecule has 4 aromatic carbocycles. The van der Waals surface area contributed by atoms with E-state index in [9.17, 15) is 0 Å². The van der Waals surface area contributed by atoms with Crippen LogP contribution in [0.4, 0.5) is 0 Å². The molecule has 0 aromatic heterocycles. The topological polar surface area (TPSA) is 0 Å². The zero-order chi connectivity index (χ0) is 18.2. The highest BCUT2D eigenvalue weighted by atomic mass is 14.3. The standard InChI is InChI=1S/C27H22/c1-2-19-17-24-23-16-10-9-15-22(23)18-25(24)27(21-13-7-4-8-14-21)26(19)20-11-5-3-6-12-20/h3-17H,2,18H2,1H3. The van der Waals surface area contributed by atoms with Gasteiger partial charge in [0.1, 0.15) is 0 Å². The molecule has 0 N–H and O–H groups in total. The SMILES string of the molecule is CCc1cc2c(c(-c3ccccc3)c1-c1ccccc1)Cc1ccccc1-2. The molecule has 0 saturated heterocycles. The molecule has 0 bridgehead atoms. The Morgan fingerprint density at radius 1 is 0.630 bits per heavy atom. The van der Waals surface area contributed by atoms with Crippen molar-refractivity contribution in [2.24, 2.45) is 0 Å². The second-order valence-electron chi connectivity index (χ2n) is 7.23. The molecule has 0 heterocycles. The molecule has 0 spiro atoms. The highest BCUT2D eigenvalue weighted by Crippen LogP contribution is 2.47. The van der Waals surface area contributed by atoms with Crippen LogP contribution in [0.5, 0.6) is 0 Å². The van der Waals surface area contributed by atoms with Gasteiger partial charge < -0.3 is 0 Å². The Morgan fingerprint density at radius 3 is 1.89 bits per heavy atom. The van der Waals surface area contributed by atoms with Crippen molar-refractivity contribution in [3.8, 4) is 33.4 Å². The van der Waals surface area contributed by atoms with Crippen LogP contribution >= 0.6 is 0 Å². The Morgan fingerprint density at radius 2 is 1.22 bits per heavy atom. The molecule has 0 fully saturated rings. The van der Waals surface area contributed by atoms with Gasteiger partial charge in [-0.1, -0.05) is 97.9 Å². The largest absolute Gasteiger partial charge is 0.0622 e. The average molecular weight is 346 g/mol. The van der Waals surface area contributed by atoms with Gasteiger partial charge in [0.25, 0.3) is 0 Å². The molecular weight excluding hydrogens is 324 g/mol. The third-order valence-electron chi connectivity index (χ3n) is 5.70. The number of rotatable bonds is 3. The first-order chi connectivity index (χ1) is 13.4. The van der Waals surface area contributed by atoms with Gasteiger partial charge in [0.2, 0.25) is 0 Å². The highest BCUT2D eigenvalue weighted by molar-refractivity contribution is 5.95. The van der Waals surface area contributed by atoms with E-state index in [0.29, 0.717) is 0 Å². The summed E-state index contributed by atoms with van der Waals surface area (Å²) in [5.74, 6) is 0. The normalized spacial score (nSPS) is 11.9. The lowest BCUT2D eigenvalue weighted by Gasteiger charge is -2.20. The quantitative estimate of drug-likeness (QED) is 0.325. The fourth-order valence-electron chi connectivity index (χ4n) is 4.47. The third kappa shape index (κ3) is 2.61. The zero-order valence-corrected chi connectivity index (χ0v) is 15.6. The molecule has 0 amide bonds.